The van der Waals surface area contributed by atoms with Crippen LogP contribution in [0.25, 0.3) is 0 Å². The Balaban J connectivity index is 1.62. The summed E-state index contributed by atoms with van der Waals surface area (Å²) in [5, 5.41) is 0. The average molecular weight is 410 g/mol. The summed E-state index contributed by atoms with van der Waals surface area (Å²) in [6.45, 7) is 0.485. The van der Waals surface area contributed by atoms with E-state index in [9.17, 15) is 26.4 Å². The number of anilines is 2. The van der Waals surface area contributed by atoms with Gasteiger partial charge in [0.2, 0.25) is 5.91 Å². The molecule has 0 atom stereocenters. The van der Waals surface area contributed by atoms with Gasteiger partial charge in [-0.1, -0.05) is 12.1 Å². The maximum atomic E-state index is 13.1. The third-order valence-corrected chi connectivity index (χ3v) is 6.29. The summed E-state index contributed by atoms with van der Waals surface area (Å²) >= 11 is 0. The second-order valence-electron chi connectivity index (χ2n) is 6.95. The Morgan fingerprint density at radius 1 is 1.11 bits per heavy atom. The standard InChI is InChI=1S/C19H17F3N2O3S/c20-19(21,22)15-3-1-2-4-16(15)23-28(26,27)14-7-8-17-13(11-14)9-10-24(17)18(25)12-5-6-12/h1-4,7-8,11-12,23H,5-6,9-10H2. The second kappa shape index (κ2) is 6.51. The minimum absolute atomic E-state index is 0.0478. The molecule has 0 aromatic heterocycles. The zero-order valence-electron chi connectivity index (χ0n) is 14.7. The van der Waals surface area contributed by atoms with E-state index >= 15 is 0 Å². The average Bonchev–Trinajstić information content (AvgIpc) is 3.39. The maximum Gasteiger partial charge on any atom is 0.418 e. The fourth-order valence-corrected chi connectivity index (χ4v) is 4.48. The molecule has 2 aromatic carbocycles. The molecule has 1 amide bonds. The number of nitrogens with zero attached hydrogens (tertiary/aromatic N) is 1. The molecule has 5 nitrogen and oxygen atoms in total. The van der Waals surface area contributed by atoms with Crippen LogP contribution in [-0.2, 0) is 27.4 Å². The summed E-state index contributed by atoms with van der Waals surface area (Å²) in [5.41, 5.74) is -0.213. The molecule has 2 aromatic rings. The summed E-state index contributed by atoms with van der Waals surface area (Å²) in [7, 11) is -4.21. The van der Waals surface area contributed by atoms with Gasteiger partial charge in [-0.2, -0.15) is 13.2 Å². The van der Waals surface area contributed by atoms with Crippen molar-refractivity contribution in [3.8, 4) is 0 Å². The molecule has 0 spiro atoms. The van der Waals surface area contributed by atoms with Gasteiger partial charge >= 0.3 is 6.18 Å². The van der Waals surface area contributed by atoms with Crippen molar-refractivity contribution in [3.63, 3.8) is 0 Å². The van der Waals surface area contributed by atoms with E-state index in [2.05, 4.69) is 0 Å². The Kier molecular flexibility index (Phi) is 4.37. The van der Waals surface area contributed by atoms with E-state index in [4.69, 9.17) is 0 Å². The molecule has 148 valence electrons. The van der Waals surface area contributed by atoms with E-state index in [1.54, 1.807) is 11.0 Å². The Morgan fingerprint density at radius 2 is 1.82 bits per heavy atom. The van der Waals surface area contributed by atoms with Gasteiger partial charge in [0.15, 0.2) is 0 Å². The Labute approximate surface area is 160 Å². The fraction of sp³-hybridized carbons (Fsp3) is 0.316. The highest BCUT2D eigenvalue weighted by molar-refractivity contribution is 7.92. The lowest BCUT2D eigenvalue weighted by Crippen LogP contribution is -2.30. The van der Waals surface area contributed by atoms with Gasteiger partial charge in [0, 0.05) is 18.2 Å². The van der Waals surface area contributed by atoms with Crippen LogP contribution in [-0.4, -0.2) is 20.9 Å². The number of hydrogen-bond acceptors (Lipinski definition) is 3. The summed E-state index contributed by atoms with van der Waals surface area (Å²) in [6, 6.07) is 8.71. The Morgan fingerprint density at radius 3 is 2.50 bits per heavy atom. The van der Waals surface area contributed by atoms with Gasteiger partial charge in [0.1, 0.15) is 0 Å². The number of alkyl halides is 3. The fourth-order valence-electron chi connectivity index (χ4n) is 3.35. The first-order chi connectivity index (χ1) is 13.2. The van der Waals surface area contributed by atoms with Crippen LogP contribution < -0.4 is 9.62 Å². The quantitative estimate of drug-likeness (QED) is 0.834. The second-order valence-corrected chi connectivity index (χ2v) is 8.64. The van der Waals surface area contributed by atoms with Crippen LogP contribution >= 0.6 is 0 Å². The van der Waals surface area contributed by atoms with Crippen LogP contribution in [0.1, 0.15) is 24.0 Å². The minimum atomic E-state index is -4.68. The molecule has 1 heterocycles. The lowest BCUT2D eigenvalue weighted by Gasteiger charge is -2.18. The number of fused-ring (bicyclic) bond motifs is 1. The van der Waals surface area contributed by atoms with Crippen LogP contribution in [0.4, 0.5) is 24.5 Å². The molecule has 1 saturated carbocycles. The van der Waals surface area contributed by atoms with Crippen molar-refractivity contribution in [2.45, 2.75) is 30.3 Å². The lowest BCUT2D eigenvalue weighted by molar-refractivity contribution is -0.136. The van der Waals surface area contributed by atoms with Gasteiger partial charge < -0.3 is 4.90 Å². The zero-order valence-corrected chi connectivity index (χ0v) is 15.5. The third-order valence-electron chi connectivity index (χ3n) is 4.93. The van der Waals surface area contributed by atoms with Gasteiger partial charge in [-0.15, -0.1) is 0 Å². The van der Waals surface area contributed by atoms with Gasteiger partial charge in [-0.3, -0.25) is 9.52 Å². The van der Waals surface area contributed by atoms with Crippen molar-refractivity contribution in [2.75, 3.05) is 16.2 Å². The number of carbonyl (C=O) groups is 1. The molecule has 1 N–H and O–H groups in total. The number of carbonyl (C=O) groups excluding carboxylic acids is 1. The summed E-state index contributed by atoms with van der Waals surface area (Å²) in [4.78, 5) is 13.8. The highest BCUT2D eigenvalue weighted by atomic mass is 32.2. The van der Waals surface area contributed by atoms with Crippen LogP contribution in [0.3, 0.4) is 0 Å². The summed E-state index contributed by atoms with van der Waals surface area (Å²) < 4.78 is 66.7. The SMILES string of the molecule is O=C(C1CC1)N1CCc2cc(S(=O)(=O)Nc3ccccc3C(F)(F)F)ccc21. The number of hydrogen-bond donors (Lipinski definition) is 1. The number of benzene rings is 2. The van der Waals surface area contributed by atoms with E-state index in [1.165, 1.54) is 24.3 Å². The molecule has 0 radical (unpaired) electrons. The highest BCUT2D eigenvalue weighted by Gasteiger charge is 2.37. The van der Waals surface area contributed by atoms with E-state index in [1.807, 2.05) is 4.72 Å². The number of para-hydroxylation sites is 1. The Hall–Kier alpha value is -2.55. The summed E-state index contributed by atoms with van der Waals surface area (Å²) in [5.74, 6) is 0.0986. The molecular formula is C19H17F3N2O3S. The molecule has 0 saturated heterocycles. The number of nitrogens with one attached hydrogen (secondary N) is 1. The van der Waals surface area contributed by atoms with Crippen molar-refractivity contribution in [1.29, 1.82) is 0 Å². The largest absolute Gasteiger partial charge is 0.418 e. The first-order valence-electron chi connectivity index (χ1n) is 8.80. The lowest BCUT2D eigenvalue weighted by atomic mass is 10.2. The molecule has 2 aliphatic rings. The van der Waals surface area contributed by atoms with Crippen LogP contribution in [0.15, 0.2) is 47.4 Å². The monoisotopic (exact) mass is 410 g/mol. The molecule has 0 bridgehead atoms. The predicted molar refractivity (Wildman–Crippen MR) is 97.5 cm³/mol. The smallest absolute Gasteiger partial charge is 0.312 e. The van der Waals surface area contributed by atoms with Gasteiger partial charge in [-0.05, 0) is 55.2 Å². The highest BCUT2D eigenvalue weighted by Crippen LogP contribution is 2.38. The normalized spacial score (nSPS) is 16.8. The number of rotatable bonds is 4. The van der Waals surface area contributed by atoms with Gasteiger partial charge in [0.25, 0.3) is 10.0 Å². The van der Waals surface area contributed by atoms with Crippen LogP contribution in [0, 0.1) is 5.92 Å². The van der Waals surface area contributed by atoms with Crippen LogP contribution in [0.2, 0.25) is 0 Å². The van der Waals surface area contributed by atoms with Crippen molar-refractivity contribution < 1.29 is 26.4 Å². The zero-order chi connectivity index (χ0) is 20.1. The molecule has 0 unspecified atom stereocenters. The number of sulfonamides is 1. The van der Waals surface area contributed by atoms with E-state index in [-0.39, 0.29) is 16.7 Å². The molecule has 1 fully saturated rings. The minimum Gasteiger partial charge on any atom is -0.312 e. The third kappa shape index (κ3) is 3.46. The topological polar surface area (TPSA) is 66.5 Å². The predicted octanol–water partition coefficient (Wildman–Crippen LogP) is 3.81. The molecule has 4 rings (SSSR count). The van der Waals surface area contributed by atoms with Gasteiger partial charge in [0.05, 0.1) is 16.1 Å². The number of halogens is 3. The van der Waals surface area contributed by atoms with E-state index in [0.29, 0.717) is 24.2 Å². The first kappa shape index (κ1) is 18.8. The number of amides is 1. The molecular weight excluding hydrogens is 393 g/mol. The van der Waals surface area contributed by atoms with Crippen molar-refractivity contribution >= 4 is 27.3 Å². The maximum absolute atomic E-state index is 13.1. The van der Waals surface area contributed by atoms with E-state index in [0.717, 1.165) is 25.0 Å². The van der Waals surface area contributed by atoms with Crippen LogP contribution in [0.5, 0.6) is 0 Å². The summed E-state index contributed by atoms with van der Waals surface area (Å²) in [6.07, 6.45) is -2.42. The molecule has 1 aliphatic carbocycles. The Bertz CT molecular complexity index is 1050. The molecule has 9 heteroatoms. The molecule has 28 heavy (non-hydrogen) atoms. The first-order valence-corrected chi connectivity index (χ1v) is 10.3. The van der Waals surface area contributed by atoms with Crippen molar-refractivity contribution in [3.05, 3.63) is 53.6 Å². The van der Waals surface area contributed by atoms with Crippen molar-refractivity contribution in [1.82, 2.24) is 0 Å². The van der Waals surface area contributed by atoms with Gasteiger partial charge in [-0.25, -0.2) is 8.42 Å². The van der Waals surface area contributed by atoms with Crippen molar-refractivity contribution in [2.24, 2.45) is 5.92 Å². The molecule has 1 aliphatic heterocycles. The van der Waals surface area contributed by atoms with E-state index < -0.39 is 27.5 Å².